The molecule has 0 aliphatic carbocycles. The Balaban J connectivity index is 1.78. The Bertz CT molecular complexity index is 928. The molecule has 0 aliphatic rings. The molecule has 26 heavy (non-hydrogen) atoms. The summed E-state index contributed by atoms with van der Waals surface area (Å²) < 4.78 is 37.8. The average molecular weight is 359 g/mol. The number of ether oxygens (including phenoxy) is 2. The van der Waals surface area contributed by atoms with Crippen molar-refractivity contribution in [3.05, 3.63) is 65.4 Å². The number of aromatic amines is 1. The summed E-state index contributed by atoms with van der Waals surface area (Å²) in [5, 5.41) is 9.96. The molecule has 0 radical (unpaired) electrons. The van der Waals surface area contributed by atoms with Crippen molar-refractivity contribution in [2.45, 2.75) is 13.5 Å². The molecule has 0 aliphatic heterocycles. The van der Waals surface area contributed by atoms with Crippen molar-refractivity contribution in [2.24, 2.45) is 0 Å². The number of benzene rings is 2. The number of rotatable bonds is 6. The molecule has 3 aromatic rings. The topological polar surface area (TPSA) is 77.1 Å². The lowest BCUT2D eigenvalue weighted by molar-refractivity contribution is 0.0520. The molecule has 1 heterocycles. The third kappa shape index (κ3) is 3.85. The fourth-order valence-corrected chi connectivity index (χ4v) is 2.33. The summed E-state index contributed by atoms with van der Waals surface area (Å²) in [6.07, 6.45) is 0. The summed E-state index contributed by atoms with van der Waals surface area (Å²) in [6, 6.07) is 10.00. The van der Waals surface area contributed by atoms with Crippen LogP contribution in [0.1, 0.15) is 23.0 Å². The molecule has 3 rings (SSSR count). The Morgan fingerprint density at radius 1 is 1.15 bits per heavy atom. The Labute approximate surface area is 147 Å². The summed E-state index contributed by atoms with van der Waals surface area (Å²) >= 11 is 0. The van der Waals surface area contributed by atoms with Crippen LogP contribution in [0.2, 0.25) is 0 Å². The first-order chi connectivity index (χ1) is 12.6. The fourth-order valence-electron chi connectivity index (χ4n) is 2.33. The van der Waals surface area contributed by atoms with Gasteiger partial charge in [0.2, 0.25) is 0 Å². The van der Waals surface area contributed by atoms with Gasteiger partial charge in [-0.25, -0.2) is 13.6 Å². The largest absolute Gasteiger partial charge is 0.486 e. The monoisotopic (exact) mass is 359 g/mol. The zero-order valence-electron chi connectivity index (χ0n) is 13.8. The van der Waals surface area contributed by atoms with Crippen LogP contribution in [0.3, 0.4) is 0 Å². The second-order valence-corrected chi connectivity index (χ2v) is 5.31. The second-order valence-electron chi connectivity index (χ2n) is 5.31. The summed E-state index contributed by atoms with van der Waals surface area (Å²) in [5.41, 5.74) is 1.07. The van der Waals surface area contributed by atoms with Gasteiger partial charge in [-0.3, -0.25) is 0 Å². The van der Waals surface area contributed by atoms with Crippen molar-refractivity contribution in [1.29, 1.82) is 0 Å². The van der Waals surface area contributed by atoms with Crippen LogP contribution in [0.25, 0.3) is 11.3 Å². The first kappa shape index (κ1) is 17.5. The van der Waals surface area contributed by atoms with E-state index in [0.29, 0.717) is 11.1 Å². The predicted molar refractivity (Wildman–Crippen MR) is 88.5 cm³/mol. The smallest absolute Gasteiger partial charge is 0.361 e. The fraction of sp³-hybridized carbons (Fsp3) is 0.167. The first-order valence-electron chi connectivity index (χ1n) is 7.83. The Kier molecular flexibility index (Phi) is 5.21. The van der Waals surface area contributed by atoms with Crippen LogP contribution in [0.4, 0.5) is 8.78 Å². The summed E-state index contributed by atoms with van der Waals surface area (Å²) in [5.74, 6) is -1.68. The number of nitrogens with one attached hydrogen (secondary N) is 1. The lowest BCUT2D eigenvalue weighted by atomic mass is 10.1. The maximum Gasteiger partial charge on any atom is 0.361 e. The van der Waals surface area contributed by atoms with Gasteiger partial charge in [0, 0.05) is 5.56 Å². The number of carbonyl (C=O) groups excluding carboxylic acids is 1. The number of hydrogen-bond acceptors (Lipinski definition) is 5. The molecular weight excluding hydrogens is 344 g/mol. The maximum atomic E-state index is 14.3. The Morgan fingerprint density at radius 3 is 2.73 bits per heavy atom. The van der Waals surface area contributed by atoms with E-state index < -0.39 is 11.8 Å². The van der Waals surface area contributed by atoms with Gasteiger partial charge in [-0.1, -0.05) is 12.1 Å². The van der Waals surface area contributed by atoms with E-state index in [1.165, 1.54) is 24.3 Å². The van der Waals surface area contributed by atoms with Gasteiger partial charge in [0.15, 0.2) is 17.3 Å². The molecule has 0 bridgehead atoms. The minimum atomic E-state index is -0.650. The highest BCUT2D eigenvalue weighted by Gasteiger charge is 2.20. The van der Waals surface area contributed by atoms with E-state index in [-0.39, 0.29) is 36.2 Å². The second kappa shape index (κ2) is 7.73. The van der Waals surface area contributed by atoms with E-state index >= 15 is 0 Å². The summed E-state index contributed by atoms with van der Waals surface area (Å²) in [7, 11) is 0. The normalized spacial score (nSPS) is 10.6. The average Bonchev–Trinajstić information content (AvgIpc) is 3.11. The first-order valence-corrected chi connectivity index (χ1v) is 7.83. The van der Waals surface area contributed by atoms with Crippen LogP contribution in [0.15, 0.2) is 42.5 Å². The van der Waals surface area contributed by atoms with Gasteiger partial charge in [-0.05, 0) is 42.8 Å². The quantitative estimate of drug-likeness (QED) is 0.682. The molecule has 0 amide bonds. The zero-order valence-corrected chi connectivity index (χ0v) is 13.8. The molecule has 1 N–H and O–H groups in total. The molecule has 0 spiro atoms. The Hall–Kier alpha value is -3.29. The van der Waals surface area contributed by atoms with Crippen LogP contribution in [0, 0.1) is 11.6 Å². The van der Waals surface area contributed by atoms with E-state index in [4.69, 9.17) is 9.47 Å². The number of halogens is 2. The molecule has 134 valence electrons. The Morgan fingerprint density at radius 2 is 2.00 bits per heavy atom. The van der Waals surface area contributed by atoms with Gasteiger partial charge in [0.25, 0.3) is 0 Å². The van der Waals surface area contributed by atoms with Crippen LogP contribution < -0.4 is 4.74 Å². The molecule has 0 unspecified atom stereocenters. The molecule has 0 saturated carbocycles. The molecule has 2 aromatic carbocycles. The number of aromatic nitrogens is 3. The van der Waals surface area contributed by atoms with Crippen LogP contribution in [-0.2, 0) is 11.3 Å². The van der Waals surface area contributed by atoms with E-state index in [2.05, 4.69) is 15.4 Å². The van der Waals surface area contributed by atoms with Crippen LogP contribution in [0.5, 0.6) is 5.75 Å². The van der Waals surface area contributed by atoms with E-state index in [0.717, 1.165) is 0 Å². The highest BCUT2D eigenvalue weighted by molar-refractivity contribution is 5.93. The molecular formula is C18H15F2N3O3. The van der Waals surface area contributed by atoms with Gasteiger partial charge in [0.05, 0.1) is 6.61 Å². The van der Waals surface area contributed by atoms with Crippen molar-refractivity contribution < 1.29 is 23.0 Å². The van der Waals surface area contributed by atoms with E-state index in [9.17, 15) is 13.6 Å². The van der Waals surface area contributed by atoms with E-state index in [1.54, 1.807) is 25.1 Å². The SMILES string of the molecule is CCOC(=O)c1n[nH]nc1-c1ccc(OCc2cccc(F)c2)c(F)c1. The molecule has 1 aromatic heterocycles. The standard InChI is InChI=1S/C18H15F2N3O3/c1-2-25-18(24)17-16(21-23-22-17)12-6-7-15(14(20)9-12)26-10-11-4-3-5-13(19)8-11/h3-9H,2,10H2,1H3,(H,21,22,23). The zero-order chi connectivity index (χ0) is 18.5. The third-order valence-electron chi connectivity index (χ3n) is 3.51. The molecule has 0 saturated heterocycles. The van der Waals surface area contributed by atoms with Crippen molar-refractivity contribution in [3.63, 3.8) is 0 Å². The highest BCUT2D eigenvalue weighted by atomic mass is 19.1. The maximum absolute atomic E-state index is 14.3. The van der Waals surface area contributed by atoms with Crippen LogP contribution in [-0.4, -0.2) is 28.0 Å². The number of hydrogen-bond donors (Lipinski definition) is 1. The highest BCUT2D eigenvalue weighted by Crippen LogP contribution is 2.26. The van der Waals surface area contributed by atoms with Crippen molar-refractivity contribution >= 4 is 5.97 Å². The number of esters is 1. The molecule has 0 atom stereocenters. The minimum absolute atomic E-state index is 0.000749. The van der Waals surface area contributed by atoms with Crippen molar-refractivity contribution in [3.8, 4) is 17.0 Å². The van der Waals surface area contributed by atoms with E-state index in [1.807, 2.05) is 0 Å². The molecule has 8 heteroatoms. The summed E-state index contributed by atoms with van der Waals surface area (Å²) in [4.78, 5) is 11.8. The van der Waals surface area contributed by atoms with Gasteiger partial charge in [-0.2, -0.15) is 10.3 Å². The predicted octanol–water partition coefficient (Wildman–Crippen LogP) is 3.51. The van der Waals surface area contributed by atoms with Gasteiger partial charge < -0.3 is 9.47 Å². The van der Waals surface area contributed by atoms with Gasteiger partial charge in [0.1, 0.15) is 18.1 Å². The van der Waals surface area contributed by atoms with Gasteiger partial charge >= 0.3 is 5.97 Å². The van der Waals surface area contributed by atoms with Crippen molar-refractivity contribution in [2.75, 3.05) is 6.61 Å². The number of H-pyrrole nitrogens is 1. The lowest BCUT2D eigenvalue weighted by Crippen LogP contribution is -2.07. The summed E-state index contributed by atoms with van der Waals surface area (Å²) in [6.45, 7) is 1.88. The third-order valence-corrected chi connectivity index (χ3v) is 3.51. The van der Waals surface area contributed by atoms with Gasteiger partial charge in [-0.15, -0.1) is 5.10 Å². The minimum Gasteiger partial charge on any atom is -0.486 e. The lowest BCUT2D eigenvalue weighted by Gasteiger charge is -2.09. The van der Waals surface area contributed by atoms with Crippen molar-refractivity contribution in [1.82, 2.24) is 15.4 Å². The molecule has 6 nitrogen and oxygen atoms in total. The van der Waals surface area contributed by atoms with Crippen LogP contribution >= 0.6 is 0 Å². The number of nitrogens with zero attached hydrogens (tertiary/aromatic N) is 2. The molecule has 0 fully saturated rings. The number of carbonyl (C=O) groups is 1.